The van der Waals surface area contributed by atoms with E-state index in [2.05, 4.69) is 0 Å². The molecule has 0 heterocycles. The van der Waals surface area contributed by atoms with Crippen LogP contribution in [0.3, 0.4) is 0 Å². The number of hydrogen-bond acceptors (Lipinski definition) is 3. The summed E-state index contributed by atoms with van der Waals surface area (Å²) in [6, 6.07) is -0.555. The van der Waals surface area contributed by atoms with Gasteiger partial charge in [0.2, 0.25) is 6.29 Å². The van der Waals surface area contributed by atoms with Crippen molar-refractivity contribution in [2.75, 3.05) is 20.1 Å². The maximum Gasteiger partial charge on any atom is 0.413 e. The molecule has 0 aromatic carbocycles. The second kappa shape index (κ2) is 5.47. The van der Waals surface area contributed by atoms with E-state index in [4.69, 9.17) is 15.9 Å². The molecule has 1 unspecified atom stereocenters. The summed E-state index contributed by atoms with van der Waals surface area (Å²) in [5.41, 5.74) is 5.04. The van der Waals surface area contributed by atoms with Gasteiger partial charge in [-0.2, -0.15) is 0 Å². The molecule has 0 aliphatic heterocycles. The zero-order chi connectivity index (χ0) is 9.07. The van der Waals surface area contributed by atoms with Crippen molar-refractivity contribution in [3.05, 3.63) is 0 Å². The number of aliphatic hydroxyl groups excluding tert-OH is 1. The Kier molecular flexibility index (Phi) is 6.55. The van der Waals surface area contributed by atoms with Crippen LogP contribution in [-0.4, -0.2) is 47.2 Å². The number of aliphatic hydroxyl groups is 2. The first kappa shape index (κ1) is 14.4. The number of nitrogens with zero attached hydrogens (tertiary/aromatic N) is 1. The van der Waals surface area contributed by atoms with Crippen LogP contribution >= 0.6 is 0 Å². The van der Waals surface area contributed by atoms with Crippen molar-refractivity contribution < 1.29 is 36.5 Å². The second-order valence-corrected chi connectivity index (χ2v) is 2.71. The first-order chi connectivity index (χ1) is 4.92. The Labute approximate surface area is 82.1 Å². The Bertz CT molecular complexity index is 154. The van der Waals surface area contributed by atoms with E-state index in [-0.39, 0.29) is 28.0 Å². The van der Waals surface area contributed by atoms with Crippen LogP contribution in [0.1, 0.15) is 6.92 Å². The Hall–Kier alpha value is -0.170. The van der Waals surface area contributed by atoms with Crippen LogP contribution in [-0.2, 0) is 0 Å². The molecule has 2 amide bonds. The molecule has 0 aliphatic rings. The summed E-state index contributed by atoms with van der Waals surface area (Å²) >= 11 is 0. The van der Waals surface area contributed by atoms with E-state index in [0.29, 0.717) is 6.54 Å². The van der Waals surface area contributed by atoms with Crippen molar-refractivity contribution in [1.82, 2.24) is 0 Å². The summed E-state index contributed by atoms with van der Waals surface area (Å²) in [6.45, 7) is 2.14. The van der Waals surface area contributed by atoms with Crippen molar-refractivity contribution in [1.29, 1.82) is 0 Å². The highest BCUT2D eigenvalue weighted by Gasteiger charge is 2.29. The van der Waals surface area contributed by atoms with Crippen molar-refractivity contribution in [3.63, 3.8) is 0 Å². The quantitative estimate of drug-likeness (QED) is 0.347. The van der Waals surface area contributed by atoms with E-state index in [1.54, 1.807) is 14.0 Å². The topological polar surface area (TPSA) is 83.6 Å². The monoisotopic (exact) mass is 242 g/mol. The molecular weight excluding hydrogens is 228 g/mol. The van der Waals surface area contributed by atoms with Crippen molar-refractivity contribution in [2.24, 2.45) is 5.73 Å². The highest BCUT2D eigenvalue weighted by atomic mass is 79.9. The maximum absolute atomic E-state index is 10.8. The first-order valence-corrected chi connectivity index (χ1v) is 3.43. The lowest BCUT2D eigenvalue weighted by Crippen LogP contribution is -3.00. The Morgan fingerprint density at radius 3 is 2.08 bits per heavy atom. The van der Waals surface area contributed by atoms with E-state index in [9.17, 15) is 4.79 Å². The molecule has 0 rings (SSSR count). The van der Waals surface area contributed by atoms with Gasteiger partial charge in [-0.05, 0) is 6.92 Å². The maximum atomic E-state index is 10.8. The number of likely N-dealkylation sites (N-methyl/N-ethyl adjacent to an activating group) is 1. The number of carbonyl (C=O) groups excluding carboxylic acids is 1. The highest BCUT2D eigenvalue weighted by molar-refractivity contribution is 5.64. The third kappa shape index (κ3) is 4.01. The lowest BCUT2D eigenvalue weighted by atomic mass is 10.4. The van der Waals surface area contributed by atoms with Crippen molar-refractivity contribution in [2.45, 2.75) is 13.2 Å². The molecule has 0 aliphatic carbocycles. The van der Waals surface area contributed by atoms with Gasteiger partial charge in [-0.25, -0.2) is 9.28 Å². The molecule has 0 radical (unpaired) electrons. The summed E-state index contributed by atoms with van der Waals surface area (Å²) in [6.07, 6.45) is -1.49. The Morgan fingerprint density at radius 2 is 2.00 bits per heavy atom. The number of nitrogens with two attached hydrogens (primary N) is 1. The van der Waals surface area contributed by atoms with Gasteiger partial charge in [0.1, 0.15) is 6.54 Å². The van der Waals surface area contributed by atoms with Gasteiger partial charge in [0.05, 0.1) is 13.6 Å². The molecule has 0 spiro atoms. The van der Waals surface area contributed by atoms with Gasteiger partial charge in [-0.1, -0.05) is 0 Å². The van der Waals surface area contributed by atoms with Crippen LogP contribution < -0.4 is 22.7 Å². The molecule has 0 aromatic rings. The smallest absolute Gasteiger partial charge is 0.413 e. The summed E-state index contributed by atoms with van der Waals surface area (Å²) in [7, 11) is 1.56. The number of amides is 2. The Morgan fingerprint density at radius 1 is 1.58 bits per heavy atom. The van der Waals surface area contributed by atoms with Gasteiger partial charge in [-0.15, -0.1) is 0 Å². The third-order valence-corrected chi connectivity index (χ3v) is 1.80. The number of carbonyl (C=O) groups is 1. The van der Waals surface area contributed by atoms with Crippen LogP contribution in [0.25, 0.3) is 0 Å². The molecule has 6 heteroatoms. The number of halogens is 1. The molecule has 0 aromatic heterocycles. The molecule has 1 atom stereocenters. The van der Waals surface area contributed by atoms with Crippen LogP contribution in [0.2, 0.25) is 0 Å². The van der Waals surface area contributed by atoms with E-state index in [0.717, 1.165) is 0 Å². The van der Waals surface area contributed by atoms with Crippen LogP contribution in [0.15, 0.2) is 0 Å². The van der Waals surface area contributed by atoms with Crippen LogP contribution in [0, 0.1) is 0 Å². The average molecular weight is 243 g/mol. The lowest BCUT2D eigenvalue weighted by Gasteiger charge is -2.28. The summed E-state index contributed by atoms with van der Waals surface area (Å²) < 4.78 is -0.155. The molecule has 0 saturated carbocycles. The zero-order valence-corrected chi connectivity index (χ0v) is 8.78. The summed E-state index contributed by atoms with van der Waals surface area (Å²) in [4.78, 5) is 10.8. The Balaban J connectivity index is 0. The largest absolute Gasteiger partial charge is 1.00 e. The molecule has 74 valence electrons. The van der Waals surface area contributed by atoms with Gasteiger partial charge in [-0.3, -0.25) is 0 Å². The minimum Gasteiger partial charge on any atom is -1.00 e. The van der Waals surface area contributed by atoms with Crippen LogP contribution in [0.5, 0.6) is 0 Å². The SMILES string of the molecule is CC[N+](C)(CC(O)O)C(N)=O.[Br-]. The minimum atomic E-state index is -1.49. The van der Waals surface area contributed by atoms with E-state index < -0.39 is 12.3 Å². The first-order valence-electron chi connectivity index (χ1n) is 3.43. The van der Waals surface area contributed by atoms with Crippen molar-refractivity contribution in [3.8, 4) is 0 Å². The number of quaternary nitrogens is 1. The predicted octanol–water partition coefficient (Wildman–Crippen LogP) is -4.15. The fourth-order valence-corrected chi connectivity index (χ4v) is 0.735. The highest BCUT2D eigenvalue weighted by Crippen LogP contribution is 2.01. The molecule has 0 bridgehead atoms. The normalized spacial score (nSPS) is 15.1. The molecule has 5 nitrogen and oxygen atoms in total. The van der Waals surface area contributed by atoms with E-state index in [1.807, 2.05) is 0 Å². The zero-order valence-electron chi connectivity index (χ0n) is 7.20. The minimum absolute atomic E-state index is 0. The molecule has 0 saturated heterocycles. The fourth-order valence-electron chi connectivity index (χ4n) is 0.735. The van der Waals surface area contributed by atoms with E-state index in [1.165, 1.54) is 0 Å². The summed E-state index contributed by atoms with van der Waals surface area (Å²) in [5.74, 6) is 0. The molecule has 4 N–H and O–H groups in total. The third-order valence-electron chi connectivity index (χ3n) is 1.80. The molecular formula is C6H15BrN2O3. The fraction of sp³-hybridized carbons (Fsp3) is 0.833. The molecule has 0 fully saturated rings. The predicted molar refractivity (Wildman–Crippen MR) is 39.4 cm³/mol. The molecule has 12 heavy (non-hydrogen) atoms. The number of primary amides is 1. The summed E-state index contributed by atoms with van der Waals surface area (Å²) in [5, 5.41) is 17.2. The van der Waals surface area contributed by atoms with Gasteiger partial charge < -0.3 is 32.9 Å². The number of urea groups is 1. The van der Waals surface area contributed by atoms with Gasteiger partial charge in [0, 0.05) is 0 Å². The number of rotatable bonds is 3. The van der Waals surface area contributed by atoms with Gasteiger partial charge in [0.25, 0.3) is 0 Å². The second-order valence-electron chi connectivity index (χ2n) is 2.71. The standard InChI is InChI=1S/C6H14N2O3.BrH/c1-3-8(2,6(7)11)4-5(9)10;/h5,9-10H,3-4H2,1-2H3,(H-,7,11);1H. The van der Waals surface area contributed by atoms with Gasteiger partial charge in [0.15, 0.2) is 0 Å². The average Bonchev–Trinajstić information content (AvgIpc) is 1.86. The van der Waals surface area contributed by atoms with Gasteiger partial charge >= 0.3 is 6.03 Å². The van der Waals surface area contributed by atoms with E-state index >= 15 is 0 Å². The van der Waals surface area contributed by atoms with Crippen LogP contribution in [0.4, 0.5) is 4.79 Å². The number of hydrogen-bond donors (Lipinski definition) is 3. The van der Waals surface area contributed by atoms with Crippen molar-refractivity contribution >= 4 is 6.03 Å². The lowest BCUT2D eigenvalue weighted by molar-refractivity contribution is -0.834.